The van der Waals surface area contributed by atoms with E-state index in [9.17, 15) is 18.0 Å². The molecule has 114 valence electrons. The van der Waals surface area contributed by atoms with Gasteiger partial charge in [0.2, 0.25) is 5.91 Å². The number of nitrogens with zero attached hydrogens (tertiary/aromatic N) is 2. The lowest BCUT2D eigenvalue weighted by atomic mass is 10.1. The SMILES string of the molecule is CN(C)C(=O)Cc1ccc(C2=NC(C(F)(F)F)ON2)cc1. The average Bonchev–Trinajstić information content (AvgIpc) is 2.89. The zero-order valence-electron chi connectivity index (χ0n) is 11.4. The van der Waals surface area contributed by atoms with Crippen molar-refractivity contribution in [3.8, 4) is 0 Å². The number of aliphatic imine (C=N–C) groups is 1. The first-order valence-corrected chi connectivity index (χ1v) is 6.13. The van der Waals surface area contributed by atoms with Crippen molar-refractivity contribution in [3.63, 3.8) is 0 Å². The zero-order chi connectivity index (χ0) is 15.6. The van der Waals surface area contributed by atoms with Gasteiger partial charge in [-0.05, 0) is 5.56 Å². The molecule has 0 radical (unpaired) electrons. The highest BCUT2D eigenvalue weighted by Crippen LogP contribution is 2.26. The van der Waals surface area contributed by atoms with Crippen LogP contribution in [0.2, 0.25) is 0 Å². The van der Waals surface area contributed by atoms with Gasteiger partial charge in [-0.2, -0.15) is 13.2 Å². The van der Waals surface area contributed by atoms with Gasteiger partial charge >= 0.3 is 6.18 Å². The van der Waals surface area contributed by atoms with Gasteiger partial charge < -0.3 is 4.90 Å². The Morgan fingerprint density at radius 1 is 1.33 bits per heavy atom. The van der Waals surface area contributed by atoms with Crippen LogP contribution in [0.3, 0.4) is 0 Å². The fraction of sp³-hybridized carbons (Fsp3) is 0.385. The summed E-state index contributed by atoms with van der Waals surface area (Å²) in [5.74, 6) is -0.0395. The van der Waals surface area contributed by atoms with Crippen LogP contribution < -0.4 is 5.48 Å². The van der Waals surface area contributed by atoms with Crippen molar-refractivity contribution >= 4 is 11.7 Å². The fourth-order valence-corrected chi connectivity index (χ4v) is 1.67. The molecule has 8 heteroatoms. The van der Waals surface area contributed by atoms with Crippen LogP contribution in [0.1, 0.15) is 11.1 Å². The maximum Gasteiger partial charge on any atom is 0.437 e. The number of benzene rings is 1. The van der Waals surface area contributed by atoms with Crippen LogP contribution in [0.15, 0.2) is 29.3 Å². The maximum absolute atomic E-state index is 12.4. The van der Waals surface area contributed by atoms with Gasteiger partial charge in [0.1, 0.15) is 0 Å². The highest BCUT2D eigenvalue weighted by molar-refractivity contribution is 5.99. The molecule has 0 spiro atoms. The van der Waals surface area contributed by atoms with E-state index < -0.39 is 12.4 Å². The first-order chi connectivity index (χ1) is 9.77. The Labute approximate surface area is 119 Å². The minimum atomic E-state index is -4.55. The largest absolute Gasteiger partial charge is 0.437 e. The predicted molar refractivity (Wildman–Crippen MR) is 69.4 cm³/mol. The molecule has 1 aromatic rings. The summed E-state index contributed by atoms with van der Waals surface area (Å²) in [6, 6.07) is 6.52. The smallest absolute Gasteiger partial charge is 0.349 e. The van der Waals surface area contributed by atoms with Crippen molar-refractivity contribution in [2.45, 2.75) is 18.8 Å². The number of carbonyl (C=O) groups excluding carboxylic acids is 1. The summed E-state index contributed by atoms with van der Waals surface area (Å²) >= 11 is 0. The molecule has 0 aliphatic carbocycles. The number of rotatable bonds is 3. The Bertz CT molecular complexity index is 553. The summed E-state index contributed by atoms with van der Waals surface area (Å²) in [6.07, 6.45) is -6.51. The average molecular weight is 301 g/mol. The lowest BCUT2D eigenvalue weighted by Crippen LogP contribution is -2.29. The van der Waals surface area contributed by atoms with E-state index in [1.54, 1.807) is 38.4 Å². The molecule has 0 saturated heterocycles. The van der Waals surface area contributed by atoms with Crippen LogP contribution in [0.5, 0.6) is 0 Å². The normalized spacial score (nSPS) is 18.1. The van der Waals surface area contributed by atoms with Crippen molar-refractivity contribution in [2.24, 2.45) is 4.99 Å². The number of hydrogen-bond donors (Lipinski definition) is 1. The summed E-state index contributed by atoms with van der Waals surface area (Å²) in [4.78, 5) is 20.8. The maximum atomic E-state index is 12.4. The predicted octanol–water partition coefficient (Wildman–Crippen LogP) is 1.49. The van der Waals surface area contributed by atoms with Crippen LogP contribution in [-0.4, -0.2) is 43.1 Å². The number of nitrogens with one attached hydrogen (secondary N) is 1. The summed E-state index contributed by atoms with van der Waals surface area (Å²) in [7, 11) is 3.31. The van der Waals surface area contributed by atoms with Crippen LogP contribution in [0, 0.1) is 0 Å². The third-order valence-corrected chi connectivity index (χ3v) is 2.88. The van der Waals surface area contributed by atoms with Gasteiger partial charge in [-0.15, -0.1) is 0 Å². The summed E-state index contributed by atoms with van der Waals surface area (Å²) < 4.78 is 37.3. The molecule has 1 atom stereocenters. The first kappa shape index (κ1) is 15.3. The Hall–Kier alpha value is -2.09. The molecule has 1 heterocycles. The summed E-state index contributed by atoms with van der Waals surface area (Å²) in [6.45, 7) is 0. The zero-order valence-corrected chi connectivity index (χ0v) is 11.4. The van der Waals surface area contributed by atoms with Crippen molar-refractivity contribution in [1.29, 1.82) is 0 Å². The number of amides is 1. The molecule has 2 rings (SSSR count). The number of likely N-dealkylation sites (N-methyl/N-ethyl adjacent to an activating group) is 1. The molecule has 0 aromatic heterocycles. The molecular weight excluding hydrogens is 287 g/mol. The molecule has 1 amide bonds. The van der Waals surface area contributed by atoms with E-state index in [4.69, 9.17) is 0 Å². The molecule has 0 bridgehead atoms. The molecule has 1 aliphatic heterocycles. The Kier molecular flexibility index (Phi) is 4.17. The molecule has 5 nitrogen and oxygen atoms in total. The Balaban J connectivity index is 2.08. The van der Waals surface area contributed by atoms with Crippen molar-refractivity contribution in [3.05, 3.63) is 35.4 Å². The third kappa shape index (κ3) is 3.72. The first-order valence-electron chi connectivity index (χ1n) is 6.13. The van der Waals surface area contributed by atoms with E-state index in [-0.39, 0.29) is 18.2 Å². The number of amidine groups is 1. The van der Waals surface area contributed by atoms with E-state index in [1.165, 1.54) is 4.90 Å². The number of alkyl halides is 3. The fourth-order valence-electron chi connectivity index (χ4n) is 1.67. The van der Waals surface area contributed by atoms with E-state index in [1.807, 2.05) is 0 Å². The number of hydrogen-bond acceptors (Lipinski definition) is 4. The Morgan fingerprint density at radius 3 is 2.43 bits per heavy atom. The van der Waals surface area contributed by atoms with Crippen molar-refractivity contribution in [2.75, 3.05) is 14.1 Å². The molecule has 1 aliphatic rings. The van der Waals surface area contributed by atoms with Crippen LogP contribution >= 0.6 is 0 Å². The van der Waals surface area contributed by atoms with Crippen LogP contribution in [-0.2, 0) is 16.1 Å². The highest BCUT2D eigenvalue weighted by atomic mass is 19.4. The van der Waals surface area contributed by atoms with Gasteiger partial charge in [-0.3, -0.25) is 4.79 Å². The van der Waals surface area contributed by atoms with E-state index in [0.29, 0.717) is 5.56 Å². The molecule has 1 aromatic carbocycles. The van der Waals surface area contributed by atoms with E-state index in [2.05, 4.69) is 15.3 Å². The quantitative estimate of drug-likeness (QED) is 0.920. The van der Waals surface area contributed by atoms with Gasteiger partial charge in [0.05, 0.1) is 6.42 Å². The molecule has 21 heavy (non-hydrogen) atoms. The molecular formula is C13H14F3N3O2. The van der Waals surface area contributed by atoms with Crippen LogP contribution in [0.25, 0.3) is 0 Å². The molecule has 1 unspecified atom stereocenters. The highest BCUT2D eigenvalue weighted by Gasteiger charge is 2.44. The minimum absolute atomic E-state index is 0.0165. The summed E-state index contributed by atoms with van der Waals surface area (Å²) in [5, 5.41) is 0. The van der Waals surface area contributed by atoms with Crippen molar-refractivity contribution in [1.82, 2.24) is 10.4 Å². The standard InChI is InChI=1S/C13H14F3N3O2/c1-19(2)10(20)7-8-3-5-9(6-4-8)11-17-12(21-18-11)13(14,15)16/h3-6,12H,7H2,1-2H3,(H,17,18). The van der Waals surface area contributed by atoms with Crippen molar-refractivity contribution < 1.29 is 22.8 Å². The number of hydroxylamine groups is 1. The summed E-state index contributed by atoms with van der Waals surface area (Å²) in [5.41, 5.74) is 3.39. The molecule has 1 N–H and O–H groups in total. The van der Waals surface area contributed by atoms with E-state index in [0.717, 1.165) is 5.56 Å². The van der Waals surface area contributed by atoms with Gasteiger partial charge in [-0.25, -0.2) is 15.3 Å². The van der Waals surface area contributed by atoms with Gasteiger partial charge in [0.25, 0.3) is 6.23 Å². The second kappa shape index (κ2) is 5.72. The van der Waals surface area contributed by atoms with E-state index >= 15 is 0 Å². The number of halogens is 3. The molecule has 0 saturated carbocycles. The lowest BCUT2D eigenvalue weighted by molar-refractivity contribution is -0.220. The van der Waals surface area contributed by atoms with Gasteiger partial charge in [0.15, 0.2) is 5.84 Å². The Morgan fingerprint density at radius 2 is 1.95 bits per heavy atom. The van der Waals surface area contributed by atoms with Crippen LogP contribution in [0.4, 0.5) is 13.2 Å². The van der Waals surface area contributed by atoms with Gasteiger partial charge in [-0.1, -0.05) is 24.3 Å². The number of carbonyl (C=O) groups is 1. The lowest BCUT2D eigenvalue weighted by Gasteiger charge is -2.10. The van der Waals surface area contributed by atoms with Gasteiger partial charge in [0, 0.05) is 19.7 Å². The second-order valence-corrected chi connectivity index (χ2v) is 4.75. The monoisotopic (exact) mass is 301 g/mol. The topological polar surface area (TPSA) is 53.9 Å². The molecule has 0 fully saturated rings. The second-order valence-electron chi connectivity index (χ2n) is 4.75. The minimum Gasteiger partial charge on any atom is -0.349 e. The third-order valence-electron chi connectivity index (χ3n) is 2.88.